The Morgan fingerprint density at radius 2 is 1.76 bits per heavy atom. The first-order valence-electron chi connectivity index (χ1n) is 7.98. The lowest BCUT2D eigenvalue weighted by Gasteiger charge is -2.34. The van der Waals surface area contributed by atoms with E-state index in [2.05, 4.69) is 11.2 Å². The summed E-state index contributed by atoms with van der Waals surface area (Å²) in [4.78, 5) is 11.7. The van der Waals surface area contributed by atoms with Crippen LogP contribution in [-0.4, -0.2) is 15.8 Å². The number of carbonyl (C=O) groups excluding carboxylic acids is 1. The van der Waals surface area contributed by atoms with Gasteiger partial charge in [-0.2, -0.15) is 9.78 Å². The van der Waals surface area contributed by atoms with Crippen LogP contribution in [0.4, 0.5) is 9.18 Å². The molecule has 0 bridgehead atoms. The number of carbonyl (C=O) groups is 1. The molecule has 1 atom stereocenters. The van der Waals surface area contributed by atoms with E-state index in [0.717, 1.165) is 22.4 Å². The van der Waals surface area contributed by atoms with Crippen molar-refractivity contribution in [2.75, 3.05) is 0 Å². The average molecular weight is 333 g/mol. The van der Waals surface area contributed by atoms with Crippen molar-refractivity contribution in [2.45, 2.75) is 11.8 Å². The third-order valence-corrected chi connectivity index (χ3v) is 4.75. The molecule has 0 radical (unpaired) electrons. The van der Waals surface area contributed by atoms with E-state index in [1.807, 2.05) is 36.4 Å². The molecule has 124 valence electrons. The van der Waals surface area contributed by atoms with Crippen LogP contribution in [0.15, 0.2) is 66.9 Å². The van der Waals surface area contributed by atoms with Crippen molar-refractivity contribution in [3.8, 4) is 0 Å². The number of hydrogen-bond acceptors (Lipinski definition) is 2. The van der Waals surface area contributed by atoms with Crippen LogP contribution in [-0.2, 0) is 11.8 Å². The topological polar surface area (TPSA) is 60.9 Å². The molecular formula is C20H16FN3O. The van der Waals surface area contributed by atoms with Gasteiger partial charge in [-0.1, -0.05) is 54.6 Å². The number of benzene rings is 2. The number of amides is 1. The SMILES string of the molecule is NC(=O)n1ncc2c1CC(c1ccccc1)(c1ccc(F)cc1)C=C2. The van der Waals surface area contributed by atoms with Crippen LogP contribution in [0, 0.1) is 5.82 Å². The van der Waals surface area contributed by atoms with E-state index in [4.69, 9.17) is 5.73 Å². The van der Waals surface area contributed by atoms with Crippen molar-refractivity contribution < 1.29 is 9.18 Å². The molecule has 0 spiro atoms. The zero-order valence-electron chi connectivity index (χ0n) is 13.4. The van der Waals surface area contributed by atoms with Crippen LogP contribution in [0.25, 0.3) is 6.08 Å². The summed E-state index contributed by atoms with van der Waals surface area (Å²) in [5.74, 6) is -0.283. The van der Waals surface area contributed by atoms with Crippen molar-refractivity contribution in [1.29, 1.82) is 0 Å². The van der Waals surface area contributed by atoms with Crippen LogP contribution in [0.1, 0.15) is 22.4 Å². The Balaban J connectivity index is 1.93. The van der Waals surface area contributed by atoms with Gasteiger partial charge in [-0.25, -0.2) is 9.18 Å². The Morgan fingerprint density at radius 3 is 2.44 bits per heavy atom. The zero-order valence-corrected chi connectivity index (χ0v) is 13.4. The van der Waals surface area contributed by atoms with E-state index < -0.39 is 11.4 Å². The van der Waals surface area contributed by atoms with Crippen molar-refractivity contribution in [2.24, 2.45) is 5.73 Å². The third-order valence-electron chi connectivity index (χ3n) is 4.75. The second-order valence-electron chi connectivity index (χ2n) is 6.15. The Hall–Kier alpha value is -3.21. The number of halogens is 1. The molecule has 0 saturated carbocycles. The molecule has 1 aromatic heterocycles. The molecule has 0 saturated heterocycles. The molecule has 2 aromatic carbocycles. The zero-order chi connectivity index (χ0) is 17.4. The van der Waals surface area contributed by atoms with Gasteiger partial charge in [0.1, 0.15) is 5.82 Å². The predicted octanol–water partition coefficient (Wildman–Crippen LogP) is 3.50. The summed E-state index contributed by atoms with van der Waals surface area (Å²) in [5, 5.41) is 4.10. The van der Waals surface area contributed by atoms with Gasteiger partial charge in [-0.3, -0.25) is 0 Å². The van der Waals surface area contributed by atoms with Gasteiger partial charge in [0.15, 0.2) is 0 Å². The molecule has 4 rings (SSSR count). The maximum Gasteiger partial charge on any atom is 0.339 e. The minimum absolute atomic E-state index is 0.283. The molecule has 0 aliphatic heterocycles. The summed E-state index contributed by atoms with van der Waals surface area (Å²) in [6, 6.07) is 15.8. The molecule has 2 N–H and O–H groups in total. The van der Waals surface area contributed by atoms with Crippen LogP contribution >= 0.6 is 0 Å². The Labute approximate surface area is 144 Å². The standard InChI is InChI=1S/C20H16FN3O/c21-17-8-6-16(7-9-17)20(15-4-2-1-3-5-15)11-10-14-13-23-24(19(22)25)18(14)12-20/h1-11,13H,12H2,(H2,22,25). The summed E-state index contributed by atoms with van der Waals surface area (Å²) in [5.41, 5.74) is 8.56. The molecule has 1 aliphatic carbocycles. The highest BCUT2D eigenvalue weighted by Crippen LogP contribution is 2.41. The van der Waals surface area contributed by atoms with E-state index in [9.17, 15) is 9.18 Å². The Bertz CT molecular complexity index is 960. The Kier molecular flexibility index (Phi) is 3.50. The number of fused-ring (bicyclic) bond motifs is 1. The predicted molar refractivity (Wildman–Crippen MR) is 93.6 cm³/mol. The van der Waals surface area contributed by atoms with E-state index >= 15 is 0 Å². The number of rotatable bonds is 2. The van der Waals surface area contributed by atoms with Crippen molar-refractivity contribution in [3.05, 3.63) is 95.1 Å². The van der Waals surface area contributed by atoms with Gasteiger partial charge < -0.3 is 5.73 Å². The average Bonchev–Trinajstić information content (AvgIpc) is 3.06. The lowest BCUT2D eigenvalue weighted by Crippen LogP contribution is -2.33. The first-order chi connectivity index (χ1) is 12.1. The first-order valence-corrected chi connectivity index (χ1v) is 7.98. The Morgan fingerprint density at radius 1 is 1.08 bits per heavy atom. The van der Waals surface area contributed by atoms with Gasteiger partial charge in [0, 0.05) is 17.4 Å². The number of hydrogen-bond donors (Lipinski definition) is 1. The van der Waals surface area contributed by atoms with Gasteiger partial charge in [0.2, 0.25) is 0 Å². The fourth-order valence-corrected chi connectivity index (χ4v) is 3.49. The number of nitrogens with two attached hydrogens (primary N) is 1. The quantitative estimate of drug-likeness (QED) is 0.780. The van der Waals surface area contributed by atoms with Crippen molar-refractivity contribution >= 4 is 12.1 Å². The maximum absolute atomic E-state index is 13.4. The molecule has 1 heterocycles. The van der Waals surface area contributed by atoms with Crippen LogP contribution in [0.2, 0.25) is 0 Å². The molecule has 3 aromatic rings. The summed E-state index contributed by atoms with van der Waals surface area (Å²) >= 11 is 0. The summed E-state index contributed by atoms with van der Waals surface area (Å²) in [6.45, 7) is 0. The normalized spacial score (nSPS) is 18.8. The molecule has 4 nitrogen and oxygen atoms in total. The smallest absolute Gasteiger partial charge is 0.339 e. The second-order valence-corrected chi connectivity index (χ2v) is 6.15. The minimum atomic E-state index is -0.613. The highest BCUT2D eigenvalue weighted by molar-refractivity contribution is 5.77. The van der Waals surface area contributed by atoms with Gasteiger partial charge in [0.25, 0.3) is 0 Å². The molecule has 25 heavy (non-hydrogen) atoms. The van der Waals surface area contributed by atoms with Crippen LogP contribution in [0.3, 0.4) is 0 Å². The number of primary amides is 1. The lowest BCUT2D eigenvalue weighted by atomic mass is 9.68. The number of aromatic nitrogens is 2. The van der Waals surface area contributed by atoms with Crippen molar-refractivity contribution in [3.63, 3.8) is 0 Å². The fourth-order valence-electron chi connectivity index (χ4n) is 3.49. The molecule has 1 amide bonds. The minimum Gasteiger partial charge on any atom is -0.350 e. The van der Waals surface area contributed by atoms with E-state index in [0.29, 0.717) is 6.42 Å². The second kappa shape index (κ2) is 5.70. The first kappa shape index (κ1) is 15.3. The van der Waals surface area contributed by atoms with Crippen LogP contribution < -0.4 is 5.73 Å². The number of nitrogens with zero attached hydrogens (tertiary/aromatic N) is 2. The molecule has 0 fully saturated rings. The van der Waals surface area contributed by atoms with Crippen LogP contribution in [0.5, 0.6) is 0 Å². The van der Waals surface area contributed by atoms with Gasteiger partial charge >= 0.3 is 6.03 Å². The summed E-state index contributed by atoms with van der Waals surface area (Å²) in [7, 11) is 0. The molecule has 1 aliphatic rings. The third kappa shape index (κ3) is 2.45. The van der Waals surface area contributed by atoms with E-state index in [-0.39, 0.29) is 5.82 Å². The highest BCUT2D eigenvalue weighted by atomic mass is 19.1. The largest absolute Gasteiger partial charge is 0.350 e. The number of allylic oxidation sites excluding steroid dienone is 1. The maximum atomic E-state index is 13.4. The lowest BCUT2D eigenvalue weighted by molar-refractivity contribution is 0.246. The van der Waals surface area contributed by atoms with E-state index in [1.54, 1.807) is 18.3 Å². The summed E-state index contributed by atoms with van der Waals surface area (Å²) < 4.78 is 14.7. The van der Waals surface area contributed by atoms with Gasteiger partial charge in [-0.05, 0) is 23.3 Å². The fraction of sp³-hybridized carbons (Fsp3) is 0.100. The van der Waals surface area contributed by atoms with Gasteiger partial charge in [0.05, 0.1) is 11.9 Å². The molecule has 1 unspecified atom stereocenters. The van der Waals surface area contributed by atoms with Crippen molar-refractivity contribution in [1.82, 2.24) is 9.78 Å². The molecular weight excluding hydrogens is 317 g/mol. The molecule has 5 heteroatoms. The monoisotopic (exact) mass is 333 g/mol. The van der Waals surface area contributed by atoms with E-state index in [1.165, 1.54) is 16.8 Å². The highest BCUT2D eigenvalue weighted by Gasteiger charge is 2.37. The van der Waals surface area contributed by atoms with Gasteiger partial charge in [-0.15, -0.1) is 0 Å². The summed E-state index contributed by atoms with van der Waals surface area (Å²) in [6.07, 6.45) is 6.18.